The standard InChI is InChI=1S/C10H5ClN2O/c11-10-9-2-1-8(13-6-14)5-7(9)3-4-12-10/h1-5H. The van der Waals surface area contributed by atoms with Crippen molar-refractivity contribution in [3.63, 3.8) is 0 Å². The van der Waals surface area contributed by atoms with Gasteiger partial charge in [-0.15, -0.1) is 0 Å². The predicted octanol–water partition coefficient (Wildman–Crippen LogP) is 2.86. The summed E-state index contributed by atoms with van der Waals surface area (Å²) in [6.07, 6.45) is 3.10. The zero-order valence-electron chi connectivity index (χ0n) is 7.07. The van der Waals surface area contributed by atoms with Crippen LogP contribution in [0.15, 0.2) is 35.5 Å². The van der Waals surface area contributed by atoms with Crippen molar-refractivity contribution in [1.82, 2.24) is 4.98 Å². The first-order valence-corrected chi connectivity index (χ1v) is 4.31. The minimum absolute atomic E-state index is 0.448. The number of aliphatic imine (C=N–C) groups is 1. The van der Waals surface area contributed by atoms with Gasteiger partial charge in [-0.25, -0.2) is 9.78 Å². The molecule has 1 heterocycles. The monoisotopic (exact) mass is 204 g/mol. The first kappa shape index (κ1) is 8.88. The summed E-state index contributed by atoms with van der Waals surface area (Å²) in [4.78, 5) is 17.5. The quantitative estimate of drug-likeness (QED) is 0.407. The van der Waals surface area contributed by atoms with Crippen LogP contribution in [0.1, 0.15) is 0 Å². The Morgan fingerprint density at radius 1 is 1.36 bits per heavy atom. The van der Waals surface area contributed by atoms with Gasteiger partial charge in [0.2, 0.25) is 6.08 Å². The molecular formula is C10H5ClN2O. The van der Waals surface area contributed by atoms with E-state index in [1.54, 1.807) is 24.4 Å². The van der Waals surface area contributed by atoms with Crippen LogP contribution in [0.2, 0.25) is 5.15 Å². The maximum atomic E-state index is 10.0. The van der Waals surface area contributed by atoms with Crippen molar-refractivity contribution in [1.29, 1.82) is 0 Å². The Hall–Kier alpha value is -1.70. The molecule has 0 atom stereocenters. The summed E-state index contributed by atoms with van der Waals surface area (Å²) < 4.78 is 0. The number of halogens is 1. The van der Waals surface area contributed by atoms with Crippen LogP contribution < -0.4 is 0 Å². The third-order valence-corrected chi connectivity index (χ3v) is 2.18. The van der Waals surface area contributed by atoms with Crippen molar-refractivity contribution in [3.05, 3.63) is 35.6 Å². The Balaban J connectivity index is 2.73. The number of fused-ring (bicyclic) bond motifs is 1. The molecule has 0 aliphatic heterocycles. The minimum Gasteiger partial charge on any atom is -0.244 e. The molecule has 1 aromatic heterocycles. The van der Waals surface area contributed by atoms with Crippen LogP contribution in [-0.2, 0) is 4.79 Å². The SMILES string of the molecule is O=C=Nc1ccc2c(Cl)nccc2c1. The van der Waals surface area contributed by atoms with Crippen molar-refractivity contribution in [3.8, 4) is 0 Å². The summed E-state index contributed by atoms with van der Waals surface area (Å²) in [5.41, 5.74) is 0.565. The predicted molar refractivity (Wildman–Crippen MR) is 54.5 cm³/mol. The van der Waals surface area contributed by atoms with E-state index in [-0.39, 0.29) is 0 Å². The lowest BCUT2D eigenvalue weighted by atomic mass is 10.1. The first-order valence-electron chi connectivity index (χ1n) is 3.93. The Morgan fingerprint density at radius 2 is 2.21 bits per heavy atom. The molecule has 3 nitrogen and oxygen atoms in total. The zero-order chi connectivity index (χ0) is 9.97. The molecular weight excluding hydrogens is 200 g/mol. The van der Waals surface area contributed by atoms with Crippen LogP contribution in [-0.4, -0.2) is 11.1 Å². The van der Waals surface area contributed by atoms with Gasteiger partial charge in [0.1, 0.15) is 5.15 Å². The number of rotatable bonds is 1. The molecule has 68 valence electrons. The fraction of sp³-hybridized carbons (Fsp3) is 0. The molecule has 0 aliphatic rings. The lowest BCUT2D eigenvalue weighted by Gasteiger charge is -1.99. The third-order valence-electron chi connectivity index (χ3n) is 1.87. The normalized spacial score (nSPS) is 9.79. The highest BCUT2D eigenvalue weighted by Crippen LogP contribution is 2.24. The van der Waals surface area contributed by atoms with Crippen molar-refractivity contribution in [2.75, 3.05) is 0 Å². The van der Waals surface area contributed by atoms with E-state index in [1.807, 2.05) is 6.07 Å². The van der Waals surface area contributed by atoms with Crippen LogP contribution in [0, 0.1) is 0 Å². The summed E-state index contributed by atoms with van der Waals surface area (Å²) in [7, 11) is 0. The summed E-state index contributed by atoms with van der Waals surface area (Å²) in [5, 5.41) is 2.20. The maximum absolute atomic E-state index is 10.0. The minimum atomic E-state index is 0.448. The van der Waals surface area contributed by atoms with Gasteiger partial charge in [0.05, 0.1) is 5.69 Å². The van der Waals surface area contributed by atoms with E-state index < -0.39 is 0 Å². The van der Waals surface area contributed by atoms with E-state index in [4.69, 9.17) is 11.6 Å². The molecule has 0 spiro atoms. The first-order chi connectivity index (χ1) is 6.81. The van der Waals surface area contributed by atoms with Gasteiger partial charge in [-0.3, -0.25) is 0 Å². The molecule has 1 aromatic carbocycles. The maximum Gasteiger partial charge on any atom is 0.240 e. The van der Waals surface area contributed by atoms with Gasteiger partial charge in [-0.2, -0.15) is 4.99 Å². The average Bonchev–Trinajstić information content (AvgIpc) is 2.18. The van der Waals surface area contributed by atoms with E-state index in [0.717, 1.165) is 10.8 Å². The Labute approximate surface area is 85.1 Å². The molecule has 0 saturated carbocycles. The number of carbonyl (C=O) groups excluding carboxylic acids is 1. The number of benzene rings is 1. The fourth-order valence-corrected chi connectivity index (χ4v) is 1.48. The van der Waals surface area contributed by atoms with Gasteiger partial charge in [-0.05, 0) is 29.7 Å². The van der Waals surface area contributed by atoms with Crippen LogP contribution in [0.25, 0.3) is 10.8 Å². The topological polar surface area (TPSA) is 42.3 Å². The molecule has 2 rings (SSSR count). The number of hydrogen-bond acceptors (Lipinski definition) is 3. The Bertz CT molecular complexity index is 533. The molecule has 0 N–H and O–H groups in total. The smallest absolute Gasteiger partial charge is 0.240 e. The van der Waals surface area contributed by atoms with E-state index in [1.165, 1.54) is 6.08 Å². The molecule has 14 heavy (non-hydrogen) atoms. The summed E-state index contributed by atoms with van der Waals surface area (Å²) in [6, 6.07) is 7.04. The van der Waals surface area contributed by atoms with Gasteiger partial charge in [0, 0.05) is 11.6 Å². The van der Waals surface area contributed by atoms with Crippen LogP contribution >= 0.6 is 11.6 Å². The van der Waals surface area contributed by atoms with E-state index in [0.29, 0.717) is 10.8 Å². The summed E-state index contributed by atoms with van der Waals surface area (Å²) in [6.45, 7) is 0. The molecule has 0 aliphatic carbocycles. The average molecular weight is 205 g/mol. The highest BCUT2D eigenvalue weighted by atomic mass is 35.5. The van der Waals surface area contributed by atoms with E-state index >= 15 is 0 Å². The van der Waals surface area contributed by atoms with E-state index in [2.05, 4.69) is 9.98 Å². The zero-order valence-corrected chi connectivity index (χ0v) is 7.82. The summed E-state index contributed by atoms with van der Waals surface area (Å²) >= 11 is 5.87. The van der Waals surface area contributed by atoms with Crippen LogP contribution in [0.4, 0.5) is 5.69 Å². The molecule has 0 unspecified atom stereocenters. The van der Waals surface area contributed by atoms with Crippen molar-refractivity contribution < 1.29 is 4.79 Å². The van der Waals surface area contributed by atoms with Crippen molar-refractivity contribution >= 4 is 34.1 Å². The molecule has 4 heteroatoms. The number of aromatic nitrogens is 1. The number of pyridine rings is 1. The molecule has 0 saturated heterocycles. The van der Waals surface area contributed by atoms with Gasteiger partial charge in [-0.1, -0.05) is 11.6 Å². The second kappa shape index (κ2) is 3.58. The second-order valence-corrected chi connectivity index (χ2v) is 3.07. The molecule has 0 fully saturated rings. The number of isocyanates is 1. The lowest BCUT2D eigenvalue weighted by molar-refractivity contribution is 0.565. The largest absolute Gasteiger partial charge is 0.244 e. The van der Waals surface area contributed by atoms with Gasteiger partial charge in [0.15, 0.2) is 0 Å². The second-order valence-electron chi connectivity index (χ2n) is 2.71. The molecule has 0 amide bonds. The molecule has 0 bridgehead atoms. The van der Waals surface area contributed by atoms with Crippen LogP contribution in [0.5, 0.6) is 0 Å². The van der Waals surface area contributed by atoms with Gasteiger partial charge in [0.25, 0.3) is 0 Å². The fourth-order valence-electron chi connectivity index (χ4n) is 1.25. The summed E-state index contributed by atoms with van der Waals surface area (Å²) in [5.74, 6) is 0. The lowest BCUT2D eigenvalue weighted by Crippen LogP contribution is -1.77. The highest BCUT2D eigenvalue weighted by molar-refractivity contribution is 6.34. The highest BCUT2D eigenvalue weighted by Gasteiger charge is 1.99. The van der Waals surface area contributed by atoms with Crippen LogP contribution in [0.3, 0.4) is 0 Å². The molecule has 0 radical (unpaired) electrons. The van der Waals surface area contributed by atoms with E-state index in [9.17, 15) is 4.79 Å². The number of hydrogen-bond donors (Lipinski definition) is 0. The van der Waals surface area contributed by atoms with Gasteiger partial charge < -0.3 is 0 Å². The van der Waals surface area contributed by atoms with Crippen molar-refractivity contribution in [2.45, 2.75) is 0 Å². The van der Waals surface area contributed by atoms with Crippen molar-refractivity contribution in [2.24, 2.45) is 4.99 Å². The third kappa shape index (κ3) is 1.51. The Kier molecular flexibility index (Phi) is 2.27. The van der Waals surface area contributed by atoms with Gasteiger partial charge >= 0.3 is 0 Å². The Morgan fingerprint density at radius 3 is 3.00 bits per heavy atom. The molecule has 2 aromatic rings. The number of nitrogens with zero attached hydrogens (tertiary/aromatic N) is 2.